The number of hydrogen-bond donors (Lipinski definition) is 1. The molecule has 1 amide bonds. The molecule has 0 aliphatic carbocycles. The first kappa shape index (κ1) is 20.4. The van der Waals surface area contributed by atoms with Crippen molar-refractivity contribution in [3.63, 3.8) is 0 Å². The van der Waals surface area contributed by atoms with Gasteiger partial charge in [-0.2, -0.15) is 18.3 Å². The van der Waals surface area contributed by atoms with Crippen LogP contribution in [0.5, 0.6) is 0 Å². The fourth-order valence-electron chi connectivity index (χ4n) is 2.47. The molecule has 4 nitrogen and oxygen atoms in total. The first-order chi connectivity index (χ1) is 13.6. The molecule has 152 valence electrons. The first-order valence-electron chi connectivity index (χ1n) is 7.90. The highest BCUT2D eigenvalue weighted by Crippen LogP contribution is 2.29. The molecule has 0 aliphatic heterocycles. The zero-order chi connectivity index (χ0) is 21.3. The van der Waals surface area contributed by atoms with E-state index in [0.29, 0.717) is 6.07 Å². The summed E-state index contributed by atoms with van der Waals surface area (Å²) in [4.78, 5) is 12.1. The molecule has 0 radical (unpaired) electrons. The van der Waals surface area contributed by atoms with Crippen LogP contribution in [0, 0.1) is 23.3 Å². The predicted molar refractivity (Wildman–Crippen MR) is 87.0 cm³/mol. The molecule has 1 aromatic heterocycles. The molecule has 0 saturated heterocycles. The summed E-state index contributed by atoms with van der Waals surface area (Å²) in [5.74, 6) is -7.39. The smallest absolute Gasteiger partial charge is 0.305 e. The number of nitrogens with one attached hydrogen (secondary N) is 1. The van der Waals surface area contributed by atoms with Crippen LogP contribution in [0.15, 0.2) is 42.6 Å². The highest BCUT2D eigenvalue weighted by molar-refractivity contribution is 6.03. The summed E-state index contributed by atoms with van der Waals surface area (Å²) in [7, 11) is 0. The standard InChI is InChI=1S/C18H10F7N3O/c19-12-7-13(20)16(22)11(15(12)21)8-28-5-4-14(27-28)26-17(29)9-2-1-3-10(6-9)18(23,24)25/h1-7H,8H2,(H,26,27,29). The lowest BCUT2D eigenvalue weighted by atomic mass is 10.1. The molecule has 3 rings (SSSR count). The Morgan fingerprint density at radius 3 is 2.28 bits per heavy atom. The number of rotatable bonds is 4. The van der Waals surface area contributed by atoms with Crippen molar-refractivity contribution in [2.75, 3.05) is 5.32 Å². The van der Waals surface area contributed by atoms with Gasteiger partial charge in [-0.25, -0.2) is 17.6 Å². The monoisotopic (exact) mass is 417 g/mol. The third-order valence-corrected chi connectivity index (χ3v) is 3.86. The fourth-order valence-corrected chi connectivity index (χ4v) is 2.47. The van der Waals surface area contributed by atoms with Crippen LogP contribution in [-0.4, -0.2) is 15.7 Å². The summed E-state index contributed by atoms with van der Waals surface area (Å²) >= 11 is 0. The minimum Gasteiger partial charge on any atom is -0.305 e. The van der Waals surface area contributed by atoms with E-state index in [1.807, 2.05) is 0 Å². The Hall–Kier alpha value is -3.37. The molecule has 11 heteroatoms. The van der Waals surface area contributed by atoms with Gasteiger partial charge in [0.2, 0.25) is 0 Å². The molecule has 1 N–H and O–H groups in total. The molecule has 1 heterocycles. The number of carbonyl (C=O) groups is 1. The van der Waals surface area contributed by atoms with Gasteiger partial charge in [-0.05, 0) is 18.2 Å². The third-order valence-electron chi connectivity index (χ3n) is 3.86. The van der Waals surface area contributed by atoms with E-state index in [2.05, 4.69) is 10.4 Å². The van der Waals surface area contributed by atoms with Gasteiger partial charge in [-0.3, -0.25) is 9.48 Å². The fraction of sp³-hybridized carbons (Fsp3) is 0.111. The molecule has 2 aromatic carbocycles. The molecule has 0 spiro atoms. The Morgan fingerprint density at radius 2 is 1.66 bits per heavy atom. The van der Waals surface area contributed by atoms with Crippen LogP contribution < -0.4 is 5.32 Å². The lowest BCUT2D eigenvalue weighted by Gasteiger charge is -2.08. The summed E-state index contributed by atoms with van der Waals surface area (Å²) in [5.41, 5.74) is -2.23. The van der Waals surface area contributed by atoms with E-state index in [4.69, 9.17) is 0 Å². The Balaban J connectivity index is 1.77. The molecule has 0 bridgehead atoms. The molecular formula is C18H10F7N3O. The zero-order valence-electron chi connectivity index (χ0n) is 14.2. The SMILES string of the molecule is O=C(Nc1ccn(Cc2c(F)c(F)cc(F)c2F)n1)c1cccc(C(F)(F)F)c1. The number of aromatic nitrogens is 2. The van der Waals surface area contributed by atoms with E-state index in [-0.39, 0.29) is 17.4 Å². The van der Waals surface area contributed by atoms with Gasteiger partial charge in [0.1, 0.15) is 0 Å². The normalized spacial score (nSPS) is 11.6. The van der Waals surface area contributed by atoms with Crippen molar-refractivity contribution in [2.45, 2.75) is 12.7 Å². The average molecular weight is 417 g/mol. The number of anilines is 1. The van der Waals surface area contributed by atoms with E-state index in [0.717, 1.165) is 29.1 Å². The molecule has 0 unspecified atom stereocenters. The Bertz CT molecular complexity index is 1050. The number of halogens is 7. The first-order valence-corrected chi connectivity index (χ1v) is 7.90. The molecule has 0 aliphatic rings. The van der Waals surface area contributed by atoms with Gasteiger partial charge in [0.15, 0.2) is 29.1 Å². The van der Waals surface area contributed by atoms with Crippen molar-refractivity contribution in [3.8, 4) is 0 Å². The minimum absolute atomic E-state index is 0.0674. The zero-order valence-corrected chi connectivity index (χ0v) is 14.2. The maximum atomic E-state index is 13.7. The van der Waals surface area contributed by atoms with E-state index in [1.165, 1.54) is 6.07 Å². The van der Waals surface area contributed by atoms with E-state index >= 15 is 0 Å². The number of carbonyl (C=O) groups excluding carboxylic acids is 1. The number of amides is 1. The van der Waals surface area contributed by atoms with Gasteiger partial charge in [-0.1, -0.05) is 6.07 Å². The second kappa shape index (κ2) is 7.57. The lowest BCUT2D eigenvalue weighted by molar-refractivity contribution is -0.137. The van der Waals surface area contributed by atoms with Crippen molar-refractivity contribution in [2.24, 2.45) is 0 Å². The molecule has 29 heavy (non-hydrogen) atoms. The maximum absolute atomic E-state index is 13.7. The number of benzene rings is 2. The lowest BCUT2D eigenvalue weighted by Crippen LogP contribution is -2.15. The third kappa shape index (κ3) is 4.39. The quantitative estimate of drug-likeness (QED) is 0.492. The number of hydrogen-bond acceptors (Lipinski definition) is 2. The molecule has 3 aromatic rings. The second-order valence-electron chi connectivity index (χ2n) is 5.88. The van der Waals surface area contributed by atoms with Gasteiger partial charge in [0, 0.05) is 23.9 Å². The molecule has 0 saturated carbocycles. The Labute approximate surface area is 158 Å². The van der Waals surface area contributed by atoms with Crippen molar-refractivity contribution >= 4 is 11.7 Å². The van der Waals surface area contributed by atoms with E-state index in [1.54, 1.807) is 0 Å². The maximum Gasteiger partial charge on any atom is 0.416 e. The van der Waals surface area contributed by atoms with Gasteiger partial charge in [0.05, 0.1) is 17.7 Å². The van der Waals surface area contributed by atoms with Crippen LogP contribution in [-0.2, 0) is 12.7 Å². The van der Waals surface area contributed by atoms with E-state index in [9.17, 15) is 35.5 Å². The summed E-state index contributed by atoms with van der Waals surface area (Å²) in [6, 6.07) is 4.91. The summed E-state index contributed by atoms with van der Waals surface area (Å²) in [6.45, 7) is -0.689. The van der Waals surface area contributed by atoms with Crippen molar-refractivity contribution in [1.82, 2.24) is 9.78 Å². The highest BCUT2D eigenvalue weighted by Gasteiger charge is 2.31. The summed E-state index contributed by atoms with van der Waals surface area (Å²) in [6.07, 6.45) is -3.48. The second-order valence-corrected chi connectivity index (χ2v) is 5.88. The summed E-state index contributed by atoms with van der Waals surface area (Å²) in [5, 5.41) is 5.99. The van der Waals surface area contributed by atoms with Gasteiger partial charge < -0.3 is 5.32 Å². The van der Waals surface area contributed by atoms with Crippen molar-refractivity contribution < 1.29 is 35.5 Å². The topological polar surface area (TPSA) is 46.9 Å². The average Bonchev–Trinajstić information content (AvgIpc) is 3.10. The molecular weight excluding hydrogens is 407 g/mol. The summed E-state index contributed by atoms with van der Waals surface area (Å²) < 4.78 is 93.0. The van der Waals surface area contributed by atoms with Gasteiger partial charge in [0.25, 0.3) is 5.91 Å². The van der Waals surface area contributed by atoms with Crippen LogP contribution in [0.4, 0.5) is 36.6 Å². The Morgan fingerprint density at radius 1 is 1.00 bits per heavy atom. The van der Waals surface area contributed by atoms with Gasteiger partial charge in [-0.15, -0.1) is 0 Å². The van der Waals surface area contributed by atoms with E-state index < -0.39 is 53.0 Å². The molecule has 0 atom stereocenters. The van der Waals surface area contributed by atoms with Crippen molar-refractivity contribution in [1.29, 1.82) is 0 Å². The molecule has 0 fully saturated rings. The number of alkyl halides is 3. The van der Waals surface area contributed by atoms with Crippen molar-refractivity contribution in [3.05, 3.63) is 82.6 Å². The van der Waals surface area contributed by atoms with Crippen LogP contribution in [0.25, 0.3) is 0 Å². The van der Waals surface area contributed by atoms with Crippen LogP contribution >= 0.6 is 0 Å². The Kier molecular flexibility index (Phi) is 5.31. The minimum atomic E-state index is -4.63. The largest absolute Gasteiger partial charge is 0.416 e. The van der Waals surface area contributed by atoms with Crippen LogP contribution in [0.3, 0.4) is 0 Å². The van der Waals surface area contributed by atoms with Crippen LogP contribution in [0.1, 0.15) is 21.5 Å². The predicted octanol–water partition coefficient (Wildman–Crippen LogP) is 4.76. The van der Waals surface area contributed by atoms with Crippen LogP contribution in [0.2, 0.25) is 0 Å². The van der Waals surface area contributed by atoms with Gasteiger partial charge >= 0.3 is 6.18 Å². The highest BCUT2D eigenvalue weighted by atomic mass is 19.4. The number of nitrogens with zero attached hydrogens (tertiary/aromatic N) is 2.